The van der Waals surface area contributed by atoms with Gasteiger partial charge in [0.2, 0.25) is 5.69 Å². The van der Waals surface area contributed by atoms with Gasteiger partial charge in [0.05, 0.1) is 57.6 Å². The third-order valence-corrected chi connectivity index (χ3v) is 11.1. The van der Waals surface area contributed by atoms with Crippen LogP contribution >= 0.6 is 0 Å². The minimum Gasteiger partial charge on any atom is -0.318 e. The summed E-state index contributed by atoms with van der Waals surface area (Å²) in [7, 11) is 0. The van der Waals surface area contributed by atoms with E-state index < -0.39 is 0 Å². The second kappa shape index (κ2) is 11.8. The second-order valence-corrected chi connectivity index (χ2v) is 13.9. The molecular weight excluding hydrogens is 671 g/mol. The fourth-order valence-electron chi connectivity index (χ4n) is 8.80. The molecule has 8 aromatic carbocycles. The molecule has 0 N–H and O–H groups in total. The van der Waals surface area contributed by atoms with Crippen LogP contribution < -0.4 is 0 Å². The molecule has 0 aliphatic heterocycles. The Labute approximate surface area is 316 Å². The standard InChI is InChI=1S/C50H29N5/c1-51-33-28-29-47-41(31-33)40-21-13-27-48(54-43-23-7-3-16-36(43)37-17-4-8-24-44(37)54)50(40)53(47)34-15-11-14-32(30-34)35-20-12-22-42(52-2)49(35)55-45-25-9-5-18-38(45)39-19-6-10-26-46(39)55/h3-31H. The maximum atomic E-state index is 8.32. The van der Waals surface area contributed by atoms with Gasteiger partial charge in [-0.25, -0.2) is 9.69 Å². The molecular formula is C50H29N5. The van der Waals surface area contributed by atoms with Crippen LogP contribution in [0.3, 0.4) is 0 Å². The number of rotatable bonds is 4. The van der Waals surface area contributed by atoms with E-state index in [0.29, 0.717) is 11.4 Å². The lowest BCUT2D eigenvalue weighted by molar-refractivity contribution is 1.13. The van der Waals surface area contributed by atoms with Crippen LogP contribution in [0.5, 0.6) is 0 Å². The summed E-state index contributed by atoms with van der Waals surface area (Å²) in [6.07, 6.45) is 0. The number of nitrogens with zero attached hydrogens (tertiary/aromatic N) is 5. The Hall–Kier alpha value is -7.86. The molecule has 254 valence electrons. The van der Waals surface area contributed by atoms with Crippen molar-refractivity contribution in [3.63, 3.8) is 0 Å². The Morgan fingerprint density at radius 2 is 0.927 bits per heavy atom. The van der Waals surface area contributed by atoms with Crippen molar-refractivity contribution < 1.29 is 0 Å². The Morgan fingerprint density at radius 1 is 0.382 bits per heavy atom. The predicted molar refractivity (Wildman–Crippen MR) is 227 cm³/mol. The van der Waals surface area contributed by atoms with Crippen molar-refractivity contribution in [1.82, 2.24) is 13.7 Å². The summed E-state index contributed by atoms with van der Waals surface area (Å²) >= 11 is 0. The molecule has 0 bridgehead atoms. The van der Waals surface area contributed by atoms with Crippen LogP contribution in [-0.2, 0) is 0 Å². The molecule has 5 nitrogen and oxygen atoms in total. The van der Waals surface area contributed by atoms with Crippen LogP contribution in [0.4, 0.5) is 11.4 Å². The molecule has 0 aliphatic carbocycles. The molecule has 3 aromatic heterocycles. The number of para-hydroxylation sites is 6. The minimum atomic E-state index is 0.589. The monoisotopic (exact) mass is 699 g/mol. The van der Waals surface area contributed by atoms with E-state index >= 15 is 0 Å². The number of fused-ring (bicyclic) bond motifs is 9. The number of benzene rings is 8. The minimum absolute atomic E-state index is 0.589. The maximum Gasteiger partial charge on any atom is 0.211 e. The lowest BCUT2D eigenvalue weighted by Crippen LogP contribution is -2.01. The van der Waals surface area contributed by atoms with Gasteiger partial charge >= 0.3 is 0 Å². The molecule has 3 heterocycles. The summed E-state index contributed by atoms with van der Waals surface area (Å²) in [5.74, 6) is 0. The third kappa shape index (κ3) is 4.39. The molecule has 0 fully saturated rings. The van der Waals surface area contributed by atoms with Gasteiger partial charge in [-0.05, 0) is 71.1 Å². The summed E-state index contributed by atoms with van der Waals surface area (Å²) < 4.78 is 6.98. The molecule has 11 rings (SSSR count). The van der Waals surface area contributed by atoms with Gasteiger partial charge in [-0.15, -0.1) is 0 Å². The van der Waals surface area contributed by atoms with Crippen molar-refractivity contribution in [2.45, 2.75) is 0 Å². The van der Waals surface area contributed by atoms with E-state index in [1.807, 2.05) is 24.3 Å². The van der Waals surface area contributed by atoms with Gasteiger partial charge in [0.1, 0.15) is 0 Å². The van der Waals surface area contributed by atoms with E-state index in [2.05, 4.69) is 175 Å². The Morgan fingerprint density at radius 3 is 1.55 bits per heavy atom. The van der Waals surface area contributed by atoms with Crippen molar-refractivity contribution in [2.75, 3.05) is 0 Å². The summed E-state index contributed by atoms with van der Waals surface area (Å²) in [5.41, 5.74) is 12.5. The largest absolute Gasteiger partial charge is 0.318 e. The third-order valence-electron chi connectivity index (χ3n) is 11.1. The van der Waals surface area contributed by atoms with Crippen molar-refractivity contribution in [2.24, 2.45) is 0 Å². The van der Waals surface area contributed by atoms with E-state index in [1.54, 1.807) is 0 Å². The van der Waals surface area contributed by atoms with Crippen LogP contribution in [0.15, 0.2) is 176 Å². The van der Waals surface area contributed by atoms with Gasteiger partial charge in [0.15, 0.2) is 5.69 Å². The molecule has 0 radical (unpaired) electrons. The first-order valence-corrected chi connectivity index (χ1v) is 18.3. The van der Waals surface area contributed by atoms with Gasteiger partial charge in [-0.2, -0.15) is 0 Å². The molecule has 0 spiro atoms. The average Bonchev–Trinajstić information content (AvgIpc) is 3.89. The zero-order valence-electron chi connectivity index (χ0n) is 29.5. The van der Waals surface area contributed by atoms with Crippen LogP contribution in [0.25, 0.3) is 103 Å². The van der Waals surface area contributed by atoms with Crippen molar-refractivity contribution in [3.05, 3.63) is 199 Å². The first kappa shape index (κ1) is 30.7. The summed E-state index contributed by atoms with van der Waals surface area (Å²) in [6, 6.07) is 61.2. The second-order valence-electron chi connectivity index (χ2n) is 13.9. The van der Waals surface area contributed by atoms with Crippen LogP contribution in [0.1, 0.15) is 0 Å². The molecule has 5 heteroatoms. The van der Waals surface area contributed by atoms with Crippen LogP contribution in [-0.4, -0.2) is 13.7 Å². The highest BCUT2D eigenvalue weighted by Gasteiger charge is 2.22. The average molecular weight is 700 g/mol. The highest BCUT2D eigenvalue weighted by atomic mass is 15.1. The SMILES string of the molecule is [C-]#[N+]c1ccc2c(c1)c1cccc(-n3c4ccccc4c4ccccc43)c1n2-c1cccc(-c2cccc([N+]#[C-])c2-n2c3ccccc3c3ccccc32)c1. The Bertz CT molecular complexity index is 3360. The molecule has 11 aromatic rings. The Kier molecular flexibility index (Phi) is 6.61. The molecule has 0 atom stereocenters. The number of hydrogen-bond donors (Lipinski definition) is 0. The van der Waals surface area contributed by atoms with E-state index in [0.717, 1.165) is 82.8 Å². The van der Waals surface area contributed by atoms with Gasteiger partial charge in [0.25, 0.3) is 0 Å². The van der Waals surface area contributed by atoms with Crippen molar-refractivity contribution in [1.29, 1.82) is 0 Å². The number of aromatic nitrogens is 3. The van der Waals surface area contributed by atoms with Gasteiger partial charge < -0.3 is 13.7 Å². The molecule has 0 aliphatic rings. The fourth-order valence-corrected chi connectivity index (χ4v) is 8.80. The predicted octanol–water partition coefficient (Wildman–Crippen LogP) is 13.7. The quantitative estimate of drug-likeness (QED) is 0.163. The zero-order chi connectivity index (χ0) is 36.6. The molecule has 0 saturated carbocycles. The lowest BCUT2D eigenvalue weighted by atomic mass is 10.0. The molecule has 0 amide bonds. The van der Waals surface area contributed by atoms with Gasteiger partial charge in [-0.3, -0.25) is 0 Å². The van der Waals surface area contributed by atoms with Gasteiger partial charge in [0, 0.05) is 32.6 Å². The fraction of sp³-hybridized carbons (Fsp3) is 0. The summed E-state index contributed by atoms with van der Waals surface area (Å²) in [5, 5.41) is 6.81. The first-order valence-electron chi connectivity index (χ1n) is 18.3. The first-order chi connectivity index (χ1) is 27.2. The smallest absolute Gasteiger partial charge is 0.211 e. The van der Waals surface area contributed by atoms with E-state index in [9.17, 15) is 0 Å². The van der Waals surface area contributed by atoms with E-state index in [-0.39, 0.29) is 0 Å². The Balaban J connectivity index is 1.22. The molecule has 0 unspecified atom stereocenters. The summed E-state index contributed by atoms with van der Waals surface area (Å²) in [4.78, 5) is 7.90. The number of hydrogen-bond acceptors (Lipinski definition) is 0. The van der Waals surface area contributed by atoms with Crippen molar-refractivity contribution >= 4 is 76.8 Å². The maximum absolute atomic E-state index is 8.32. The highest BCUT2D eigenvalue weighted by molar-refractivity contribution is 6.16. The van der Waals surface area contributed by atoms with E-state index in [1.165, 1.54) is 10.8 Å². The molecule has 0 saturated heterocycles. The highest BCUT2D eigenvalue weighted by Crippen LogP contribution is 2.44. The normalized spacial score (nSPS) is 11.6. The van der Waals surface area contributed by atoms with Crippen LogP contribution in [0, 0.1) is 13.1 Å². The van der Waals surface area contributed by atoms with E-state index in [4.69, 9.17) is 13.1 Å². The molecule has 55 heavy (non-hydrogen) atoms. The van der Waals surface area contributed by atoms with Crippen LogP contribution in [0.2, 0.25) is 0 Å². The van der Waals surface area contributed by atoms with Gasteiger partial charge in [-0.1, -0.05) is 121 Å². The lowest BCUT2D eigenvalue weighted by Gasteiger charge is -2.18. The topological polar surface area (TPSA) is 23.5 Å². The zero-order valence-corrected chi connectivity index (χ0v) is 29.5. The summed E-state index contributed by atoms with van der Waals surface area (Å²) in [6.45, 7) is 16.2. The van der Waals surface area contributed by atoms with Crippen molar-refractivity contribution in [3.8, 4) is 28.2 Å².